The first-order valence-electron chi connectivity index (χ1n) is 11.6. The standard InChI is InChI=1S/C24H26F3N7O/c1-35-18-8-6-17(7-9-18)20-29-22(33-11-2-3-12-33)31-23(30-20)34-15-13-32(14-16-34)21-19(24(25,26)27)5-4-10-28-21/h4-10H,2-3,11-16H2,1H3. The molecule has 0 atom stereocenters. The summed E-state index contributed by atoms with van der Waals surface area (Å²) >= 11 is 0. The van der Waals surface area contributed by atoms with Crippen molar-refractivity contribution in [2.75, 3.05) is 61.1 Å². The van der Waals surface area contributed by atoms with Gasteiger partial charge in [0, 0.05) is 51.0 Å². The smallest absolute Gasteiger partial charge is 0.419 e. The summed E-state index contributed by atoms with van der Waals surface area (Å²) in [5.41, 5.74) is 0.128. The van der Waals surface area contributed by atoms with Crippen molar-refractivity contribution in [1.82, 2.24) is 19.9 Å². The lowest BCUT2D eigenvalue weighted by molar-refractivity contribution is -0.137. The Balaban J connectivity index is 1.40. The fourth-order valence-corrected chi connectivity index (χ4v) is 4.41. The maximum Gasteiger partial charge on any atom is 0.419 e. The second kappa shape index (κ2) is 9.55. The van der Waals surface area contributed by atoms with Crippen molar-refractivity contribution in [2.24, 2.45) is 0 Å². The Hall–Kier alpha value is -3.63. The molecule has 5 rings (SSSR count). The molecule has 0 radical (unpaired) electrons. The normalized spacial score (nSPS) is 16.6. The Bertz CT molecular complexity index is 1160. The van der Waals surface area contributed by atoms with E-state index in [4.69, 9.17) is 19.7 Å². The van der Waals surface area contributed by atoms with E-state index in [-0.39, 0.29) is 5.82 Å². The van der Waals surface area contributed by atoms with Crippen LogP contribution in [-0.2, 0) is 6.18 Å². The molecule has 2 fully saturated rings. The van der Waals surface area contributed by atoms with Crippen molar-refractivity contribution in [1.29, 1.82) is 0 Å². The number of methoxy groups -OCH3 is 1. The van der Waals surface area contributed by atoms with Gasteiger partial charge in [0.25, 0.3) is 0 Å². The van der Waals surface area contributed by atoms with Crippen LogP contribution in [0.2, 0.25) is 0 Å². The minimum absolute atomic E-state index is 0.0352. The van der Waals surface area contributed by atoms with E-state index < -0.39 is 11.7 Å². The van der Waals surface area contributed by atoms with Crippen LogP contribution in [0.3, 0.4) is 0 Å². The second-order valence-corrected chi connectivity index (χ2v) is 8.53. The molecule has 8 nitrogen and oxygen atoms in total. The molecule has 0 unspecified atom stereocenters. The summed E-state index contributed by atoms with van der Waals surface area (Å²) in [6, 6.07) is 9.92. The van der Waals surface area contributed by atoms with Gasteiger partial charge in [0.15, 0.2) is 5.82 Å². The first kappa shape index (κ1) is 23.1. The molecule has 2 saturated heterocycles. The first-order chi connectivity index (χ1) is 16.9. The molecular formula is C24H26F3N7O. The lowest BCUT2D eigenvalue weighted by Crippen LogP contribution is -2.48. The number of hydrogen-bond acceptors (Lipinski definition) is 8. The molecule has 3 aromatic rings. The third-order valence-corrected chi connectivity index (χ3v) is 6.30. The minimum Gasteiger partial charge on any atom is -0.497 e. The molecule has 2 aliphatic heterocycles. The molecule has 35 heavy (non-hydrogen) atoms. The van der Waals surface area contributed by atoms with Crippen LogP contribution in [0.4, 0.5) is 30.9 Å². The third-order valence-electron chi connectivity index (χ3n) is 6.30. The maximum absolute atomic E-state index is 13.5. The molecule has 0 saturated carbocycles. The number of pyridine rings is 1. The summed E-state index contributed by atoms with van der Waals surface area (Å²) in [6.45, 7) is 3.47. The number of alkyl halides is 3. The number of rotatable bonds is 5. The highest BCUT2D eigenvalue weighted by atomic mass is 19.4. The van der Waals surface area contributed by atoms with Gasteiger partial charge in [-0.1, -0.05) is 0 Å². The number of hydrogen-bond donors (Lipinski definition) is 0. The van der Waals surface area contributed by atoms with Gasteiger partial charge in [0.05, 0.1) is 12.7 Å². The number of nitrogens with zero attached hydrogens (tertiary/aromatic N) is 7. The topological polar surface area (TPSA) is 70.5 Å². The lowest BCUT2D eigenvalue weighted by Gasteiger charge is -2.36. The molecule has 0 N–H and O–H groups in total. The zero-order valence-corrected chi connectivity index (χ0v) is 19.4. The molecule has 1 aromatic carbocycles. The van der Waals surface area contributed by atoms with Gasteiger partial charge in [-0.15, -0.1) is 0 Å². The monoisotopic (exact) mass is 485 g/mol. The van der Waals surface area contributed by atoms with Gasteiger partial charge >= 0.3 is 6.18 Å². The Kier molecular flexibility index (Phi) is 6.31. The Morgan fingerprint density at radius 2 is 1.37 bits per heavy atom. The molecule has 0 amide bonds. The Morgan fingerprint density at radius 3 is 1.97 bits per heavy atom. The zero-order valence-electron chi connectivity index (χ0n) is 19.4. The van der Waals surface area contributed by atoms with E-state index in [0.717, 1.165) is 43.3 Å². The van der Waals surface area contributed by atoms with Crippen LogP contribution in [0.25, 0.3) is 11.4 Å². The third kappa shape index (κ3) is 4.94. The average molecular weight is 486 g/mol. The molecule has 4 heterocycles. The summed E-state index contributed by atoms with van der Waals surface area (Å²) < 4.78 is 45.7. The van der Waals surface area contributed by atoms with Gasteiger partial charge in [0.2, 0.25) is 11.9 Å². The highest BCUT2D eigenvalue weighted by Gasteiger charge is 2.36. The number of aromatic nitrogens is 4. The van der Waals surface area contributed by atoms with Crippen molar-refractivity contribution in [2.45, 2.75) is 19.0 Å². The number of halogens is 3. The highest BCUT2D eigenvalue weighted by Crippen LogP contribution is 2.35. The molecule has 2 aliphatic rings. The Morgan fingerprint density at radius 1 is 0.771 bits per heavy atom. The average Bonchev–Trinajstić information content (AvgIpc) is 3.43. The summed E-state index contributed by atoms with van der Waals surface area (Å²) in [5.74, 6) is 2.43. The van der Waals surface area contributed by atoms with Crippen molar-refractivity contribution in [3.8, 4) is 17.1 Å². The van der Waals surface area contributed by atoms with Crippen LogP contribution in [-0.4, -0.2) is 66.3 Å². The fraction of sp³-hybridized carbons (Fsp3) is 0.417. The molecule has 184 valence electrons. The molecular weight excluding hydrogens is 459 g/mol. The van der Waals surface area contributed by atoms with Gasteiger partial charge in [-0.25, -0.2) is 4.98 Å². The maximum atomic E-state index is 13.5. The molecule has 0 bridgehead atoms. The zero-order chi connectivity index (χ0) is 24.4. The first-order valence-corrected chi connectivity index (χ1v) is 11.6. The number of anilines is 3. The van der Waals surface area contributed by atoms with Crippen molar-refractivity contribution in [3.05, 3.63) is 48.2 Å². The summed E-state index contributed by atoms with van der Waals surface area (Å²) in [5, 5.41) is 0. The van der Waals surface area contributed by atoms with Crippen molar-refractivity contribution < 1.29 is 17.9 Å². The fourth-order valence-electron chi connectivity index (χ4n) is 4.41. The predicted octanol–water partition coefficient (Wildman–Crippen LogP) is 3.89. The van der Waals surface area contributed by atoms with Crippen molar-refractivity contribution in [3.63, 3.8) is 0 Å². The number of benzene rings is 1. The van der Waals surface area contributed by atoms with Crippen molar-refractivity contribution >= 4 is 17.7 Å². The summed E-state index contributed by atoms with van der Waals surface area (Å²) in [7, 11) is 1.61. The SMILES string of the molecule is COc1ccc(-c2nc(N3CCCC3)nc(N3CCN(c4ncccc4C(F)(F)F)CC3)n2)cc1. The van der Waals surface area contributed by atoms with Gasteiger partial charge in [-0.2, -0.15) is 28.1 Å². The number of piperazine rings is 1. The van der Waals surface area contributed by atoms with Gasteiger partial charge in [-0.3, -0.25) is 0 Å². The predicted molar refractivity (Wildman–Crippen MR) is 127 cm³/mol. The van der Waals surface area contributed by atoms with E-state index >= 15 is 0 Å². The molecule has 11 heteroatoms. The van der Waals surface area contributed by atoms with Gasteiger partial charge < -0.3 is 19.4 Å². The highest BCUT2D eigenvalue weighted by molar-refractivity contribution is 5.60. The Labute approximate surface area is 201 Å². The largest absolute Gasteiger partial charge is 0.497 e. The molecule has 0 aliphatic carbocycles. The van der Waals surface area contributed by atoms with E-state index in [1.165, 1.54) is 12.3 Å². The van der Waals surface area contributed by atoms with Gasteiger partial charge in [0.1, 0.15) is 11.6 Å². The van der Waals surface area contributed by atoms with Gasteiger partial charge in [-0.05, 0) is 49.2 Å². The van der Waals surface area contributed by atoms with E-state index in [9.17, 15) is 13.2 Å². The summed E-state index contributed by atoms with van der Waals surface area (Å²) in [6.07, 6.45) is -0.883. The van der Waals surface area contributed by atoms with E-state index in [1.807, 2.05) is 29.2 Å². The minimum atomic E-state index is -4.45. The molecule has 2 aromatic heterocycles. The second-order valence-electron chi connectivity index (χ2n) is 8.53. The van der Waals surface area contributed by atoms with E-state index in [0.29, 0.717) is 43.9 Å². The van der Waals surface area contributed by atoms with Crippen LogP contribution in [0.1, 0.15) is 18.4 Å². The van der Waals surface area contributed by atoms with E-state index in [1.54, 1.807) is 12.0 Å². The quantitative estimate of drug-likeness (QED) is 0.539. The lowest BCUT2D eigenvalue weighted by atomic mass is 10.2. The van der Waals surface area contributed by atoms with Crippen LogP contribution in [0.15, 0.2) is 42.6 Å². The number of ether oxygens (including phenoxy) is 1. The van der Waals surface area contributed by atoms with Crippen LogP contribution < -0.4 is 19.4 Å². The van der Waals surface area contributed by atoms with Crippen LogP contribution in [0.5, 0.6) is 5.75 Å². The molecule has 0 spiro atoms. The summed E-state index contributed by atoms with van der Waals surface area (Å²) in [4.78, 5) is 24.1. The van der Waals surface area contributed by atoms with Crippen LogP contribution in [0, 0.1) is 0 Å². The van der Waals surface area contributed by atoms with E-state index in [2.05, 4.69) is 9.88 Å². The van der Waals surface area contributed by atoms with Crippen LogP contribution >= 0.6 is 0 Å².